The lowest BCUT2D eigenvalue weighted by Gasteiger charge is -2.09. The van der Waals surface area contributed by atoms with Crippen molar-refractivity contribution in [3.63, 3.8) is 0 Å². The molecule has 0 aliphatic carbocycles. The molecule has 0 spiro atoms. The van der Waals surface area contributed by atoms with E-state index in [1.807, 2.05) is 30.3 Å². The molecule has 0 atom stereocenters. The molecule has 0 saturated heterocycles. The molecule has 2 rings (SSSR count). The summed E-state index contributed by atoms with van der Waals surface area (Å²) in [6.45, 7) is 7.15. The number of aryl methyl sites for hydroxylation is 1. The predicted molar refractivity (Wildman–Crippen MR) is 80.9 cm³/mol. The molecule has 0 N–H and O–H groups in total. The van der Waals surface area contributed by atoms with E-state index in [-0.39, 0.29) is 5.69 Å². The van der Waals surface area contributed by atoms with Gasteiger partial charge < -0.3 is 4.74 Å². The van der Waals surface area contributed by atoms with Crippen LogP contribution in [0.1, 0.15) is 37.7 Å². The monoisotopic (exact) mass is 287 g/mol. The summed E-state index contributed by atoms with van der Waals surface area (Å²) in [5, 5.41) is 8.16. The minimum atomic E-state index is -0.424. The number of carbonyl (C=O) groups excluding carboxylic acids is 1. The molecule has 5 heteroatoms. The molecular formula is C16H21N3O2. The van der Waals surface area contributed by atoms with Gasteiger partial charge in [-0.25, -0.2) is 9.48 Å². The zero-order valence-electron chi connectivity index (χ0n) is 12.7. The van der Waals surface area contributed by atoms with Crippen LogP contribution in [0.25, 0.3) is 11.3 Å². The van der Waals surface area contributed by atoms with E-state index in [4.69, 9.17) is 4.74 Å². The minimum absolute atomic E-state index is 0.284. The van der Waals surface area contributed by atoms with Crippen LogP contribution in [0.2, 0.25) is 0 Å². The minimum Gasteiger partial charge on any atom is -0.461 e. The van der Waals surface area contributed by atoms with E-state index in [0.717, 1.165) is 24.2 Å². The summed E-state index contributed by atoms with van der Waals surface area (Å²) in [7, 11) is 0. The van der Waals surface area contributed by atoms with Crippen molar-refractivity contribution >= 4 is 5.97 Å². The van der Waals surface area contributed by atoms with Crippen molar-refractivity contribution in [3.05, 3.63) is 36.0 Å². The first-order valence-corrected chi connectivity index (χ1v) is 7.29. The Morgan fingerprint density at radius 1 is 1.29 bits per heavy atom. The summed E-state index contributed by atoms with van der Waals surface area (Å²) in [5.74, 6) is 0.135. The highest BCUT2D eigenvalue weighted by Gasteiger charge is 2.22. The normalized spacial score (nSPS) is 10.9. The predicted octanol–water partition coefficient (Wildman–Crippen LogP) is 3.17. The molecule has 0 radical (unpaired) electrons. The van der Waals surface area contributed by atoms with Crippen molar-refractivity contribution in [3.8, 4) is 11.3 Å². The molecule has 1 heterocycles. The van der Waals surface area contributed by atoms with Gasteiger partial charge in [0.1, 0.15) is 5.69 Å². The van der Waals surface area contributed by atoms with Gasteiger partial charge in [-0.05, 0) is 19.3 Å². The molecule has 1 aromatic carbocycles. The third-order valence-corrected chi connectivity index (χ3v) is 3.17. The smallest absolute Gasteiger partial charge is 0.361 e. The van der Waals surface area contributed by atoms with E-state index < -0.39 is 5.97 Å². The van der Waals surface area contributed by atoms with Crippen LogP contribution in [0.5, 0.6) is 0 Å². The van der Waals surface area contributed by atoms with Crippen LogP contribution in [-0.2, 0) is 11.3 Å². The van der Waals surface area contributed by atoms with Gasteiger partial charge in [-0.1, -0.05) is 49.4 Å². The van der Waals surface area contributed by atoms with Crippen molar-refractivity contribution < 1.29 is 9.53 Å². The Balaban J connectivity index is 2.40. The largest absolute Gasteiger partial charge is 0.461 e. The fourth-order valence-electron chi connectivity index (χ4n) is 2.07. The van der Waals surface area contributed by atoms with Gasteiger partial charge in [-0.15, -0.1) is 5.10 Å². The number of hydrogen-bond acceptors (Lipinski definition) is 4. The van der Waals surface area contributed by atoms with Gasteiger partial charge in [0.25, 0.3) is 0 Å². The maximum atomic E-state index is 12.1. The van der Waals surface area contributed by atoms with Crippen LogP contribution >= 0.6 is 0 Å². The summed E-state index contributed by atoms with van der Waals surface area (Å²) < 4.78 is 6.87. The molecule has 21 heavy (non-hydrogen) atoms. The Hall–Kier alpha value is -2.17. The molecule has 0 aliphatic rings. The molecule has 0 amide bonds. The third-order valence-electron chi connectivity index (χ3n) is 3.17. The van der Waals surface area contributed by atoms with E-state index in [0.29, 0.717) is 12.5 Å². The summed E-state index contributed by atoms with van der Waals surface area (Å²) in [4.78, 5) is 12.1. The van der Waals surface area contributed by atoms with Gasteiger partial charge in [-0.3, -0.25) is 0 Å². The van der Waals surface area contributed by atoms with Crippen LogP contribution in [0.3, 0.4) is 0 Å². The third kappa shape index (κ3) is 3.68. The van der Waals surface area contributed by atoms with Gasteiger partial charge in [0, 0.05) is 12.1 Å². The van der Waals surface area contributed by atoms with Crippen molar-refractivity contribution in [1.29, 1.82) is 0 Å². The second-order valence-corrected chi connectivity index (χ2v) is 5.28. The van der Waals surface area contributed by atoms with Crippen molar-refractivity contribution in [2.24, 2.45) is 5.92 Å². The summed E-state index contributed by atoms with van der Waals surface area (Å²) in [6, 6.07) is 9.71. The summed E-state index contributed by atoms with van der Waals surface area (Å²) in [5.41, 5.74) is 1.94. The number of benzene rings is 1. The first-order chi connectivity index (χ1) is 10.1. The second kappa shape index (κ2) is 7.02. The lowest BCUT2D eigenvalue weighted by Crippen LogP contribution is -2.09. The summed E-state index contributed by atoms with van der Waals surface area (Å²) >= 11 is 0. The molecule has 1 aromatic heterocycles. The fourth-order valence-corrected chi connectivity index (χ4v) is 2.07. The van der Waals surface area contributed by atoms with Crippen LogP contribution in [0.15, 0.2) is 30.3 Å². The molecule has 5 nitrogen and oxygen atoms in total. The number of carbonyl (C=O) groups is 1. The number of rotatable bonds is 6. The first kappa shape index (κ1) is 15.2. The summed E-state index contributed by atoms with van der Waals surface area (Å²) in [6.07, 6.45) is 0.978. The lowest BCUT2D eigenvalue weighted by atomic mass is 10.1. The fraction of sp³-hybridized carbons (Fsp3) is 0.438. The van der Waals surface area contributed by atoms with E-state index in [1.165, 1.54) is 0 Å². The zero-order valence-corrected chi connectivity index (χ0v) is 12.7. The molecule has 0 bridgehead atoms. The highest BCUT2D eigenvalue weighted by molar-refractivity contribution is 5.94. The quantitative estimate of drug-likeness (QED) is 0.766. The molecule has 0 unspecified atom stereocenters. The molecule has 0 aliphatic heterocycles. The average molecular weight is 287 g/mol. The van der Waals surface area contributed by atoms with Gasteiger partial charge in [0.15, 0.2) is 5.69 Å². The Morgan fingerprint density at radius 2 is 2.00 bits per heavy atom. The molecular weight excluding hydrogens is 266 g/mol. The Kier molecular flexibility index (Phi) is 5.09. The van der Waals surface area contributed by atoms with Crippen molar-refractivity contribution in [2.75, 3.05) is 6.61 Å². The van der Waals surface area contributed by atoms with Crippen LogP contribution in [0.4, 0.5) is 0 Å². The molecule has 0 saturated carbocycles. The van der Waals surface area contributed by atoms with Gasteiger partial charge >= 0.3 is 5.97 Å². The highest BCUT2D eigenvalue weighted by atomic mass is 16.5. The topological polar surface area (TPSA) is 57.0 Å². The number of hydrogen-bond donors (Lipinski definition) is 0. The first-order valence-electron chi connectivity index (χ1n) is 7.29. The van der Waals surface area contributed by atoms with Gasteiger partial charge in [0.2, 0.25) is 0 Å². The highest BCUT2D eigenvalue weighted by Crippen LogP contribution is 2.23. The Bertz CT molecular complexity index is 591. The molecule has 2 aromatic rings. The number of nitrogens with zero attached hydrogens (tertiary/aromatic N) is 3. The van der Waals surface area contributed by atoms with E-state index in [1.54, 1.807) is 11.6 Å². The lowest BCUT2D eigenvalue weighted by molar-refractivity contribution is 0.0520. The van der Waals surface area contributed by atoms with E-state index in [2.05, 4.69) is 24.2 Å². The van der Waals surface area contributed by atoms with Gasteiger partial charge in [-0.2, -0.15) is 0 Å². The SMILES string of the molecule is CCOC(=O)c1nnn(CCC(C)C)c1-c1ccccc1. The van der Waals surface area contributed by atoms with Gasteiger partial charge in [0.05, 0.1) is 6.61 Å². The maximum absolute atomic E-state index is 12.1. The second-order valence-electron chi connectivity index (χ2n) is 5.28. The van der Waals surface area contributed by atoms with E-state index in [9.17, 15) is 4.79 Å². The van der Waals surface area contributed by atoms with E-state index >= 15 is 0 Å². The number of ether oxygens (including phenoxy) is 1. The van der Waals surface area contributed by atoms with Crippen LogP contribution in [-0.4, -0.2) is 27.6 Å². The average Bonchev–Trinajstić information content (AvgIpc) is 2.90. The maximum Gasteiger partial charge on any atom is 0.361 e. The van der Waals surface area contributed by atoms with Crippen molar-refractivity contribution in [2.45, 2.75) is 33.7 Å². The molecule has 112 valence electrons. The molecule has 0 fully saturated rings. The Morgan fingerprint density at radius 3 is 2.62 bits per heavy atom. The van der Waals surface area contributed by atoms with Crippen LogP contribution < -0.4 is 0 Å². The van der Waals surface area contributed by atoms with Crippen molar-refractivity contribution in [1.82, 2.24) is 15.0 Å². The zero-order chi connectivity index (χ0) is 15.2. The number of esters is 1. The number of aromatic nitrogens is 3. The Labute approximate surface area is 124 Å². The standard InChI is InChI=1S/C16H21N3O2/c1-4-21-16(20)14-15(13-8-6-5-7-9-13)19(18-17-14)11-10-12(2)3/h5-9,12H,4,10-11H2,1-3H3. The van der Waals surface area contributed by atoms with Crippen LogP contribution in [0, 0.1) is 5.92 Å².